The second-order valence-corrected chi connectivity index (χ2v) is 6.53. The minimum atomic E-state index is 1.06. The van der Waals surface area contributed by atoms with Crippen LogP contribution in [0.4, 0.5) is 0 Å². The zero-order valence-corrected chi connectivity index (χ0v) is 12.5. The van der Waals surface area contributed by atoms with Crippen molar-refractivity contribution < 1.29 is 0 Å². The van der Waals surface area contributed by atoms with Crippen molar-refractivity contribution in [3.05, 3.63) is 69.0 Å². The molecule has 3 rings (SSSR count). The fraction of sp³-hybridized carbons (Fsp3) is 0.125. The van der Waals surface area contributed by atoms with Gasteiger partial charge in [0.05, 0.1) is 0 Å². The number of benzene rings is 2. The molecule has 0 aliphatic heterocycles. The van der Waals surface area contributed by atoms with Gasteiger partial charge in [-0.3, -0.25) is 0 Å². The maximum absolute atomic E-state index is 3.55. The fourth-order valence-electron chi connectivity index (χ4n) is 2.27. The van der Waals surface area contributed by atoms with Crippen molar-refractivity contribution >= 4 is 33.3 Å². The van der Waals surface area contributed by atoms with Crippen LogP contribution in [0.15, 0.2) is 62.8 Å². The van der Waals surface area contributed by atoms with Crippen LogP contribution in [0.5, 0.6) is 0 Å². The van der Waals surface area contributed by atoms with Crippen LogP contribution in [-0.2, 0) is 6.42 Å². The molecule has 90 valence electrons. The Hall–Kier alpha value is -0.990. The molecule has 0 spiro atoms. The Morgan fingerprint density at radius 2 is 1.83 bits per heavy atom. The third-order valence-corrected chi connectivity index (χ3v) is 4.92. The van der Waals surface area contributed by atoms with E-state index in [4.69, 9.17) is 0 Å². The largest absolute Gasteiger partial charge is 0.0939 e. The van der Waals surface area contributed by atoms with E-state index in [2.05, 4.69) is 71.4 Å². The van der Waals surface area contributed by atoms with Gasteiger partial charge in [0.25, 0.3) is 0 Å². The van der Waals surface area contributed by atoms with Crippen LogP contribution in [0.25, 0.3) is 5.57 Å². The lowest BCUT2D eigenvalue weighted by Crippen LogP contribution is -1.82. The normalized spacial score (nSPS) is 13.9. The SMILES string of the molecule is CC1=C(Sc2ccccc2)Cc2cc(Br)ccc21. The molecule has 0 amide bonds. The molecule has 0 saturated carbocycles. The molecule has 2 aromatic rings. The zero-order chi connectivity index (χ0) is 12.5. The van der Waals surface area contributed by atoms with Crippen molar-refractivity contribution in [2.45, 2.75) is 18.2 Å². The maximum atomic E-state index is 3.55. The molecule has 0 saturated heterocycles. The molecule has 0 unspecified atom stereocenters. The molecular formula is C16H13BrS. The van der Waals surface area contributed by atoms with Crippen molar-refractivity contribution in [3.63, 3.8) is 0 Å². The van der Waals surface area contributed by atoms with Gasteiger partial charge in [-0.15, -0.1) is 0 Å². The van der Waals surface area contributed by atoms with Crippen LogP contribution in [0.3, 0.4) is 0 Å². The number of rotatable bonds is 2. The summed E-state index contributed by atoms with van der Waals surface area (Å²) in [5.74, 6) is 0. The Kier molecular flexibility index (Phi) is 3.31. The Labute approximate surface area is 120 Å². The van der Waals surface area contributed by atoms with Gasteiger partial charge in [-0.2, -0.15) is 0 Å². The van der Waals surface area contributed by atoms with Crippen LogP contribution in [0.1, 0.15) is 18.1 Å². The topological polar surface area (TPSA) is 0 Å². The summed E-state index contributed by atoms with van der Waals surface area (Å²) in [7, 11) is 0. The van der Waals surface area contributed by atoms with E-state index in [1.807, 2.05) is 11.8 Å². The van der Waals surface area contributed by atoms with Crippen molar-refractivity contribution in [2.24, 2.45) is 0 Å². The predicted octanol–water partition coefficient (Wildman–Crippen LogP) is 5.53. The molecule has 1 aliphatic rings. The average Bonchev–Trinajstić information content (AvgIpc) is 2.67. The van der Waals surface area contributed by atoms with E-state index in [0.717, 1.165) is 6.42 Å². The van der Waals surface area contributed by atoms with Crippen molar-refractivity contribution in [2.75, 3.05) is 0 Å². The zero-order valence-electron chi connectivity index (χ0n) is 10.1. The summed E-state index contributed by atoms with van der Waals surface area (Å²) >= 11 is 5.43. The van der Waals surface area contributed by atoms with Gasteiger partial charge >= 0.3 is 0 Å². The summed E-state index contributed by atoms with van der Waals surface area (Å²) in [5.41, 5.74) is 4.25. The van der Waals surface area contributed by atoms with Gasteiger partial charge < -0.3 is 0 Å². The minimum absolute atomic E-state index is 1.06. The molecule has 1 aliphatic carbocycles. The monoisotopic (exact) mass is 316 g/mol. The van der Waals surface area contributed by atoms with Gasteiger partial charge in [0.1, 0.15) is 0 Å². The van der Waals surface area contributed by atoms with Crippen LogP contribution < -0.4 is 0 Å². The lowest BCUT2D eigenvalue weighted by molar-refractivity contribution is 1.28. The van der Waals surface area contributed by atoms with E-state index in [1.54, 1.807) is 0 Å². The summed E-state index contributed by atoms with van der Waals surface area (Å²) in [4.78, 5) is 2.79. The lowest BCUT2D eigenvalue weighted by Gasteiger charge is -2.03. The standard InChI is InChI=1S/C16H13BrS/c1-11-15-8-7-13(17)9-12(15)10-16(11)18-14-5-3-2-4-6-14/h2-9H,10H2,1H3. The van der Waals surface area contributed by atoms with Crippen LogP contribution >= 0.6 is 27.7 Å². The van der Waals surface area contributed by atoms with E-state index in [0.29, 0.717) is 0 Å². The van der Waals surface area contributed by atoms with Crippen molar-refractivity contribution in [3.8, 4) is 0 Å². The highest BCUT2D eigenvalue weighted by Crippen LogP contribution is 2.42. The van der Waals surface area contributed by atoms with Gasteiger partial charge in [-0.1, -0.05) is 52.0 Å². The van der Waals surface area contributed by atoms with Crippen LogP contribution in [-0.4, -0.2) is 0 Å². The lowest BCUT2D eigenvalue weighted by atomic mass is 10.1. The molecular weight excluding hydrogens is 304 g/mol. The van der Waals surface area contributed by atoms with Gasteiger partial charge in [0.2, 0.25) is 0 Å². The van der Waals surface area contributed by atoms with Gasteiger partial charge in [0, 0.05) is 15.8 Å². The number of fused-ring (bicyclic) bond motifs is 1. The third kappa shape index (κ3) is 2.27. The molecule has 0 fully saturated rings. The highest BCUT2D eigenvalue weighted by Gasteiger charge is 2.19. The first-order chi connectivity index (χ1) is 8.74. The van der Waals surface area contributed by atoms with Crippen LogP contribution in [0, 0.1) is 0 Å². The third-order valence-electron chi connectivity index (χ3n) is 3.22. The number of thioether (sulfide) groups is 1. The van der Waals surface area contributed by atoms with Gasteiger partial charge in [-0.05, 0) is 52.8 Å². The second kappa shape index (κ2) is 4.94. The first-order valence-electron chi connectivity index (χ1n) is 5.95. The van der Waals surface area contributed by atoms with E-state index in [-0.39, 0.29) is 0 Å². The Morgan fingerprint density at radius 1 is 1.06 bits per heavy atom. The molecule has 0 N–H and O–H groups in total. The highest BCUT2D eigenvalue weighted by atomic mass is 79.9. The van der Waals surface area contributed by atoms with Gasteiger partial charge in [0.15, 0.2) is 0 Å². The van der Waals surface area contributed by atoms with Gasteiger partial charge in [-0.25, -0.2) is 0 Å². The summed E-state index contributed by atoms with van der Waals surface area (Å²) in [6, 6.07) is 17.2. The average molecular weight is 317 g/mol. The minimum Gasteiger partial charge on any atom is -0.0939 e. The molecule has 2 heteroatoms. The smallest absolute Gasteiger partial charge is 0.0178 e. The summed E-state index contributed by atoms with van der Waals surface area (Å²) in [6.45, 7) is 2.23. The molecule has 0 bridgehead atoms. The second-order valence-electron chi connectivity index (χ2n) is 4.44. The van der Waals surface area contributed by atoms with Crippen molar-refractivity contribution in [1.29, 1.82) is 0 Å². The number of allylic oxidation sites excluding steroid dienone is 2. The van der Waals surface area contributed by atoms with E-state index in [9.17, 15) is 0 Å². The molecule has 0 atom stereocenters. The molecule has 18 heavy (non-hydrogen) atoms. The first kappa shape index (κ1) is 12.1. The first-order valence-corrected chi connectivity index (χ1v) is 7.56. The maximum Gasteiger partial charge on any atom is 0.0178 e. The van der Waals surface area contributed by atoms with Crippen LogP contribution in [0.2, 0.25) is 0 Å². The van der Waals surface area contributed by atoms with E-state index < -0.39 is 0 Å². The molecule has 0 radical (unpaired) electrons. The Morgan fingerprint density at radius 3 is 2.61 bits per heavy atom. The fourth-order valence-corrected chi connectivity index (χ4v) is 3.75. The molecule has 0 nitrogen and oxygen atoms in total. The quantitative estimate of drug-likeness (QED) is 0.702. The van der Waals surface area contributed by atoms with E-state index in [1.165, 1.54) is 31.0 Å². The number of hydrogen-bond donors (Lipinski definition) is 0. The predicted molar refractivity (Wildman–Crippen MR) is 82.7 cm³/mol. The summed E-state index contributed by atoms with van der Waals surface area (Å²) in [5, 5.41) is 0. The van der Waals surface area contributed by atoms with Crippen molar-refractivity contribution in [1.82, 2.24) is 0 Å². The Bertz CT molecular complexity index is 614. The highest BCUT2D eigenvalue weighted by molar-refractivity contribution is 9.10. The molecule has 0 heterocycles. The number of hydrogen-bond acceptors (Lipinski definition) is 1. The summed E-state index contributed by atoms with van der Waals surface area (Å²) < 4.78 is 1.17. The van der Waals surface area contributed by atoms with E-state index >= 15 is 0 Å². The summed E-state index contributed by atoms with van der Waals surface area (Å²) in [6.07, 6.45) is 1.06. The number of halogens is 1. The Balaban J connectivity index is 1.91. The molecule has 2 aromatic carbocycles. The molecule has 0 aromatic heterocycles.